The Balaban J connectivity index is 1.67. The van der Waals surface area contributed by atoms with Gasteiger partial charge in [0, 0.05) is 19.6 Å². The monoisotopic (exact) mass is 235 g/mol. The summed E-state index contributed by atoms with van der Waals surface area (Å²) in [5, 5.41) is 9.14. The van der Waals surface area contributed by atoms with E-state index in [2.05, 4.69) is 36.9 Å². The highest BCUT2D eigenvalue weighted by Crippen LogP contribution is 2.16. The van der Waals surface area contributed by atoms with Gasteiger partial charge in [0.2, 0.25) is 0 Å². The molecule has 3 nitrogen and oxygen atoms in total. The lowest BCUT2D eigenvalue weighted by molar-refractivity contribution is 0.0000459. The second kappa shape index (κ2) is 5.52. The molecule has 1 aromatic rings. The van der Waals surface area contributed by atoms with E-state index in [-0.39, 0.29) is 6.10 Å². The van der Waals surface area contributed by atoms with Crippen LogP contribution in [0, 0.1) is 13.8 Å². The zero-order valence-electron chi connectivity index (χ0n) is 10.6. The lowest BCUT2D eigenvalue weighted by Gasteiger charge is -2.35. The molecule has 1 heterocycles. The van der Waals surface area contributed by atoms with Crippen molar-refractivity contribution in [3.8, 4) is 5.75 Å². The highest BCUT2D eigenvalue weighted by atomic mass is 16.5. The van der Waals surface area contributed by atoms with Crippen molar-refractivity contribution in [3.63, 3.8) is 0 Å². The molecule has 0 saturated carbocycles. The Kier molecular flexibility index (Phi) is 4.02. The second-order valence-corrected chi connectivity index (χ2v) is 4.94. The van der Waals surface area contributed by atoms with Gasteiger partial charge in [-0.15, -0.1) is 0 Å². The lowest BCUT2D eigenvalue weighted by Crippen LogP contribution is -2.50. The average Bonchev–Trinajstić information content (AvgIpc) is 2.20. The van der Waals surface area contributed by atoms with Gasteiger partial charge in [-0.3, -0.25) is 4.90 Å². The van der Waals surface area contributed by atoms with Gasteiger partial charge < -0.3 is 9.84 Å². The van der Waals surface area contributed by atoms with Crippen molar-refractivity contribution >= 4 is 0 Å². The van der Waals surface area contributed by atoms with Gasteiger partial charge in [0.15, 0.2) is 0 Å². The summed E-state index contributed by atoms with van der Waals surface area (Å²) in [7, 11) is 0. The number of hydrogen-bond donors (Lipinski definition) is 1. The predicted octanol–water partition coefficient (Wildman–Crippen LogP) is 1.75. The lowest BCUT2D eigenvalue weighted by atomic mass is 10.1. The largest absolute Gasteiger partial charge is 0.494 e. The van der Waals surface area contributed by atoms with E-state index in [9.17, 15) is 0 Å². The molecule has 0 aromatic heterocycles. The molecule has 1 aliphatic rings. The quantitative estimate of drug-likeness (QED) is 0.789. The van der Waals surface area contributed by atoms with Gasteiger partial charge in [-0.2, -0.15) is 0 Å². The van der Waals surface area contributed by atoms with Crippen LogP contribution in [-0.2, 0) is 0 Å². The highest BCUT2D eigenvalue weighted by molar-refractivity contribution is 5.32. The molecular weight excluding hydrogens is 214 g/mol. The van der Waals surface area contributed by atoms with E-state index in [1.807, 2.05) is 0 Å². The van der Waals surface area contributed by atoms with E-state index < -0.39 is 0 Å². The van der Waals surface area contributed by atoms with Crippen LogP contribution in [0.25, 0.3) is 0 Å². The number of likely N-dealkylation sites (tertiary alicyclic amines) is 1. The van der Waals surface area contributed by atoms with Crippen molar-refractivity contribution in [2.45, 2.75) is 26.4 Å². The van der Waals surface area contributed by atoms with Gasteiger partial charge in [-0.05, 0) is 43.5 Å². The summed E-state index contributed by atoms with van der Waals surface area (Å²) in [6, 6.07) is 6.29. The van der Waals surface area contributed by atoms with E-state index in [4.69, 9.17) is 9.84 Å². The molecule has 0 unspecified atom stereocenters. The molecule has 0 bridgehead atoms. The summed E-state index contributed by atoms with van der Waals surface area (Å²) in [6.07, 6.45) is 0.912. The molecular formula is C14H21NO2. The molecule has 3 heteroatoms. The summed E-state index contributed by atoms with van der Waals surface area (Å²) in [6.45, 7) is 7.58. The third-order valence-corrected chi connectivity index (χ3v) is 3.02. The van der Waals surface area contributed by atoms with Gasteiger partial charge in [0.25, 0.3) is 0 Å². The van der Waals surface area contributed by atoms with Gasteiger partial charge in [0.1, 0.15) is 5.75 Å². The Morgan fingerprint density at radius 3 is 2.47 bits per heavy atom. The zero-order chi connectivity index (χ0) is 12.3. The summed E-state index contributed by atoms with van der Waals surface area (Å²) in [5.74, 6) is 0.964. The van der Waals surface area contributed by atoms with Crippen molar-refractivity contribution in [3.05, 3.63) is 29.3 Å². The van der Waals surface area contributed by atoms with Crippen LogP contribution in [0.1, 0.15) is 17.5 Å². The highest BCUT2D eigenvalue weighted by Gasteiger charge is 2.22. The topological polar surface area (TPSA) is 32.7 Å². The van der Waals surface area contributed by atoms with Crippen LogP contribution in [0.5, 0.6) is 5.75 Å². The summed E-state index contributed by atoms with van der Waals surface area (Å²) in [4.78, 5) is 2.25. The number of aryl methyl sites for hydroxylation is 2. The van der Waals surface area contributed by atoms with Crippen molar-refractivity contribution in [1.82, 2.24) is 4.90 Å². The maximum atomic E-state index is 9.14. The molecule has 1 N–H and O–H groups in total. The first-order valence-corrected chi connectivity index (χ1v) is 6.25. The van der Waals surface area contributed by atoms with Crippen molar-refractivity contribution < 1.29 is 9.84 Å². The summed E-state index contributed by atoms with van der Waals surface area (Å²) >= 11 is 0. The van der Waals surface area contributed by atoms with Crippen molar-refractivity contribution in [1.29, 1.82) is 0 Å². The van der Waals surface area contributed by atoms with Crippen LogP contribution < -0.4 is 4.74 Å². The maximum absolute atomic E-state index is 9.14. The minimum atomic E-state index is -0.102. The third kappa shape index (κ3) is 3.72. The number of β-amino-alcohol motifs (C(OH)–C–C–N with tert-alkyl or cyclic N) is 1. The first kappa shape index (κ1) is 12.4. The van der Waals surface area contributed by atoms with Crippen LogP contribution in [0.15, 0.2) is 18.2 Å². The fourth-order valence-corrected chi connectivity index (χ4v) is 2.22. The van der Waals surface area contributed by atoms with Crippen LogP contribution >= 0.6 is 0 Å². The van der Waals surface area contributed by atoms with Crippen molar-refractivity contribution in [2.75, 3.05) is 26.2 Å². The molecule has 2 rings (SSSR count). The average molecular weight is 235 g/mol. The molecule has 0 amide bonds. The molecule has 0 atom stereocenters. The van der Waals surface area contributed by atoms with E-state index in [0.29, 0.717) is 0 Å². The minimum absolute atomic E-state index is 0.102. The standard InChI is InChI=1S/C14H21NO2/c1-11-6-12(2)8-14(7-11)17-5-3-4-15-9-13(16)10-15/h6-8,13,16H,3-5,9-10H2,1-2H3. The molecule has 1 fully saturated rings. The number of aliphatic hydroxyl groups excluding tert-OH is 1. The summed E-state index contributed by atoms with van der Waals surface area (Å²) < 4.78 is 5.72. The second-order valence-electron chi connectivity index (χ2n) is 4.94. The zero-order valence-corrected chi connectivity index (χ0v) is 10.6. The smallest absolute Gasteiger partial charge is 0.119 e. The molecule has 0 aliphatic carbocycles. The Labute approximate surface area is 103 Å². The van der Waals surface area contributed by atoms with E-state index in [1.54, 1.807) is 0 Å². The van der Waals surface area contributed by atoms with Gasteiger partial charge in [-0.1, -0.05) is 6.07 Å². The normalized spacial score (nSPS) is 16.9. The predicted molar refractivity (Wildman–Crippen MR) is 68.5 cm³/mol. The number of rotatable bonds is 5. The Bertz CT molecular complexity index is 352. The first-order chi connectivity index (χ1) is 8.13. The number of hydrogen-bond acceptors (Lipinski definition) is 3. The Hall–Kier alpha value is -1.06. The van der Waals surface area contributed by atoms with E-state index in [0.717, 1.165) is 38.4 Å². The molecule has 1 aromatic carbocycles. The van der Waals surface area contributed by atoms with Gasteiger partial charge in [-0.25, -0.2) is 0 Å². The van der Waals surface area contributed by atoms with E-state index in [1.165, 1.54) is 11.1 Å². The molecule has 0 radical (unpaired) electrons. The number of nitrogens with zero attached hydrogens (tertiary/aromatic N) is 1. The SMILES string of the molecule is Cc1cc(C)cc(OCCCN2CC(O)C2)c1. The fourth-order valence-electron chi connectivity index (χ4n) is 2.22. The first-order valence-electron chi connectivity index (χ1n) is 6.25. The molecule has 0 spiro atoms. The third-order valence-electron chi connectivity index (χ3n) is 3.02. The van der Waals surface area contributed by atoms with Crippen molar-refractivity contribution in [2.24, 2.45) is 0 Å². The van der Waals surface area contributed by atoms with Gasteiger partial charge >= 0.3 is 0 Å². The van der Waals surface area contributed by atoms with Crippen LogP contribution in [0.4, 0.5) is 0 Å². The van der Waals surface area contributed by atoms with Crippen LogP contribution in [-0.4, -0.2) is 42.4 Å². The Morgan fingerprint density at radius 1 is 1.24 bits per heavy atom. The van der Waals surface area contributed by atoms with Gasteiger partial charge in [0.05, 0.1) is 12.7 Å². The fraction of sp³-hybridized carbons (Fsp3) is 0.571. The molecule has 94 valence electrons. The number of benzene rings is 1. The Morgan fingerprint density at radius 2 is 1.88 bits per heavy atom. The molecule has 1 saturated heterocycles. The number of aliphatic hydroxyl groups is 1. The van der Waals surface area contributed by atoms with Crippen LogP contribution in [0.3, 0.4) is 0 Å². The molecule has 1 aliphatic heterocycles. The minimum Gasteiger partial charge on any atom is -0.494 e. The number of ether oxygens (including phenoxy) is 1. The maximum Gasteiger partial charge on any atom is 0.119 e. The van der Waals surface area contributed by atoms with Crippen LogP contribution in [0.2, 0.25) is 0 Å². The van der Waals surface area contributed by atoms with E-state index >= 15 is 0 Å². The summed E-state index contributed by atoms with van der Waals surface area (Å²) in [5.41, 5.74) is 2.48. The molecule has 17 heavy (non-hydrogen) atoms.